The third-order valence-corrected chi connectivity index (χ3v) is 1.79. The molecule has 2 aromatic rings. The Hall–Kier alpha value is -2.04. The van der Waals surface area contributed by atoms with Crippen molar-refractivity contribution in [2.24, 2.45) is 0 Å². The van der Waals surface area contributed by atoms with Gasteiger partial charge in [0.05, 0.1) is 0 Å². The van der Waals surface area contributed by atoms with Crippen LogP contribution < -0.4 is 15.5 Å². The summed E-state index contributed by atoms with van der Waals surface area (Å²) in [4.78, 5) is 0. The highest BCUT2D eigenvalue weighted by atomic mass is 16.5. The number of phenolic OH excluding ortho intramolecular Hbond substituents is 1. The van der Waals surface area contributed by atoms with Gasteiger partial charge < -0.3 is 9.63 Å². The van der Waals surface area contributed by atoms with Gasteiger partial charge in [0, 0.05) is 5.56 Å². The van der Waals surface area contributed by atoms with Crippen LogP contribution >= 0.6 is 0 Å². The van der Waals surface area contributed by atoms with Crippen LogP contribution in [-0.2, 0) is 6.54 Å². The van der Waals surface area contributed by atoms with Gasteiger partial charge in [-0.05, 0) is 24.3 Å². The first-order valence-electron chi connectivity index (χ1n) is 4.10. The molecular weight excluding hydrogens is 182 g/mol. The first kappa shape index (κ1) is 8.55. The molecule has 2 rings (SSSR count). The fourth-order valence-electron chi connectivity index (χ4n) is 1.14. The van der Waals surface area contributed by atoms with Gasteiger partial charge in [-0.3, -0.25) is 10.7 Å². The van der Waals surface area contributed by atoms with Gasteiger partial charge in [-0.2, -0.15) is 0 Å². The highest BCUT2D eigenvalue weighted by molar-refractivity contribution is 5.25. The molecule has 1 aromatic carbocycles. The van der Waals surface area contributed by atoms with E-state index in [0.29, 0.717) is 6.54 Å². The largest absolute Gasteiger partial charge is 0.508 e. The molecule has 1 heterocycles. The second kappa shape index (κ2) is 3.37. The lowest BCUT2D eigenvalue weighted by atomic mass is 10.2. The van der Waals surface area contributed by atoms with Gasteiger partial charge in [0.1, 0.15) is 5.75 Å². The SMILES string of the molecule is N=c1c[n+](Cc2ccc(O)cc2)[n-]o1. The average molecular weight is 191 g/mol. The molecule has 0 bridgehead atoms. The van der Waals surface area contributed by atoms with Crippen molar-refractivity contribution < 1.29 is 14.3 Å². The molecule has 5 nitrogen and oxygen atoms in total. The van der Waals surface area contributed by atoms with Gasteiger partial charge in [-0.25, -0.2) is 4.68 Å². The van der Waals surface area contributed by atoms with E-state index >= 15 is 0 Å². The molecule has 2 N–H and O–H groups in total. The van der Waals surface area contributed by atoms with Crippen LogP contribution in [0.25, 0.3) is 0 Å². The molecule has 0 saturated carbocycles. The Balaban J connectivity index is 2.19. The van der Waals surface area contributed by atoms with Crippen molar-refractivity contribution in [3.8, 4) is 5.75 Å². The van der Waals surface area contributed by atoms with E-state index in [-0.39, 0.29) is 11.3 Å². The first-order valence-corrected chi connectivity index (χ1v) is 4.10. The maximum Gasteiger partial charge on any atom is 0.264 e. The fourth-order valence-corrected chi connectivity index (χ4v) is 1.14. The molecular formula is C9H9N3O2. The summed E-state index contributed by atoms with van der Waals surface area (Å²) in [5, 5.41) is 19.8. The van der Waals surface area contributed by atoms with Crippen LogP contribution in [-0.4, -0.2) is 5.11 Å². The first-order chi connectivity index (χ1) is 6.74. The number of aromatic hydroxyl groups is 1. The third-order valence-electron chi connectivity index (χ3n) is 1.79. The van der Waals surface area contributed by atoms with Gasteiger partial charge in [-0.1, -0.05) is 0 Å². The van der Waals surface area contributed by atoms with E-state index in [1.807, 2.05) is 0 Å². The minimum Gasteiger partial charge on any atom is -0.508 e. The lowest BCUT2D eigenvalue weighted by Crippen LogP contribution is -2.37. The highest BCUT2D eigenvalue weighted by Crippen LogP contribution is 2.08. The summed E-state index contributed by atoms with van der Waals surface area (Å²) < 4.78 is 6.11. The summed E-state index contributed by atoms with van der Waals surface area (Å²) >= 11 is 0. The second-order valence-corrected chi connectivity index (χ2v) is 2.93. The number of nitrogens with zero attached hydrogens (tertiary/aromatic N) is 2. The normalized spacial score (nSPS) is 10.3. The van der Waals surface area contributed by atoms with Gasteiger partial charge in [0.15, 0.2) is 6.54 Å². The van der Waals surface area contributed by atoms with E-state index in [2.05, 4.69) is 9.79 Å². The van der Waals surface area contributed by atoms with Crippen molar-refractivity contribution in [2.75, 3.05) is 0 Å². The number of aromatic nitrogens is 2. The zero-order chi connectivity index (χ0) is 9.97. The van der Waals surface area contributed by atoms with Crippen LogP contribution in [0.4, 0.5) is 0 Å². The van der Waals surface area contributed by atoms with Crippen LogP contribution in [0.5, 0.6) is 5.75 Å². The molecule has 0 fully saturated rings. The van der Waals surface area contributed by atoms with Crippen molar-refractivity contribution in [1.82, 2.24) is 5.27 Å². The number of phenols is 1. The quantitative estimate of drug-likeness (QED) is 0.643. The van der Waals surface area contributed by atoms with E-state index < -0.39 is 0 Å². The van der Waals surface area contributed by atoms with Crippen LogP contribution in [0.1, 0.15) is 5.56 Å². The highest BCUT2D eigenvalue weighted by Gasteiger charge is 1.99. The summed E-state index contributed by atoms with van der Waals surface area (Å²) in [6, 6.07) is 6.80. The van der Waals surface area contributed by atoms with E-state index in [1.165, 1.54) is 10.9 Å². The van der Waals surface area contributed by atoms with Gasteiger partial charge >= 0.3 is 0 Å². The minimum atomic E-state index is 0.0313. The number of nitrogens with one attached hydrogen (secondary N) is 1. The van der Waals surface area contributed by atoms with Crippen molar-refractivity contribution in [2.45, 2.75) is 6.54 Å². The molecule has 1 aromatic heterocycles. The van der Waals surface area contributed by atoms with E-state index in [4.69, 9.17) is 10.5 Å². The summed E-state index contributed by atoms with van der Waals surface area (Å²) in [6.45, 7) is 0.530. The fraction of sp³-hybridized carbons (Fsp3) is 0.111. The Kier molecular flexibility index (Phi) is 2.06. The second-order valence-electron chi connectivity index (χ2n) is 2.93. The van der Waals surface area contributed by atoms with Gasteiger partial charge in [0.25, 0.3) is 5.55 Å². The zero-order valence-corrected chi connectivity index (χ0v) is 7.34. The predicted molar refractivity (Wildman–Crippen MR) is 45.3 cm³/mol. The number of rotatable bonds is 2. The number of benzene rings is 1. The average Bonchev–Trinajstić information content (AvgIpc) is 2.56. The maximum absolute atomic E-state index is 9.06. The Morgan fingerprint density at radius 1 is 1.36 bits per heavy atom. The Morgan fingerprint density at radius 2 is 2.07 bits per heavy atom. The summed E-state index contributed by atoms with van der Waals surface area (Å²) in [5.74, 6) is 0.236. The number of hydrogen-bond acceptors (Lipinski definition) is 3. The Morgan fingerprint density at radius 3 is 2.64 bits per heavy atom. The van der Waals surface area contributed by atoms with Gasteiger partial charge in [0.2, 0.25) is 6.20 Å². The molecule has 0 unspecified atom stereocenters. The molecule has 0 aliphatic rings. The molecule has 0 amide bonds. The lowest BCUT2D eigenvalue weighted by molar-refractivity contribution is -0.760. The molecule has 0 atom stereocenters. The van der Waals surface area contributed by atoms with Crippen molar-refractivity contribution >= 4 is 0 Å². The molecule has 0 radical (unpaired) electrons. The molecule has 72 valence electrons. The summed E-state index contributed by atoms with van der Waals surface area (Å²) in [6.07, 6.45) is 1.49. The van der Waals surface area contributed by atoms with Crippen molar-refractivity contribution in [3.63, 3.8) is 0 Å². The van der Waals surface area contributed by atoms with Crippen molar-refractivity contribution in [1.29, 1.82) is 5.41 Å². The molecule has 0 spiro atoms. The molecule has 14 heavy (non-hydrogen) atoms. The third kappa shape index (κ3) is 1.82. The maximum atomic E-state index is 9.06. The smallest absolute Gasteiger partial charge is 0.264 e. The van der Waals surface area contributed by atoms with Crippen LogP contribution in [0, 0.1) is 5.41 Å². The van der Waals surface area contributed by atoms with E-state index in [9.17, 15) is 0 Å². The van der Waals surface area contributed by atoms with Crippen LogP contribution in [0.15, 0.2) is 35.0 Å². The number of hydrogen-bond donors (Lipinski definition) is 2. The Bertz CT molecular complexity index is 469. The van der Waals surface area contributed by atoms with Crippen molar-refractivity contribution in [3.05, 3.63) is 41.6 Å². The zero-order valence-electron chi connectivity index (χ0n) is 7.34. The van der Waals surface area contributed by atoms with E-state index in [0.717, 1.165) is 5.56 Å². The van der Waals surface area contributed by atoms with Gasteiger partial charge in [-0.15, -0.1) is 0 Å². The molecule has 0 saturated heterocycles. The lowest BCUT2D eigenvalue weighted by Gasteiger charge is -1.98. The molecule has 0 aliphatic carbocycles. The van der Waals surface area contributed by atoms with E-state index in [1.54, 1.807) is 24.3 Å². The Labute approximate surface area is 79.7 Å². The topological polar surface area (TPSA) is 75.2 Å². The monoisotopic (exact) mass is 191 g/mol. The minimum absolute atomic E-state index is 0.0313. The standard InChI is InChI=1S/C9H9N3O2/c10-9-6-12(11-14-9)5-7-1-3-8(13)4-2-7/h1-4,6,10,13H,5H2. The predicted octanol–water partition coefficient (Wildman–Crippen LogP) is -0.242. The van der Waals surface area contributed by atoms with Crippen LogP contribution in [0.3, 0.4) is 0 Å². The van der Waals surface area contributed by atoms with Crippen LogP contribution in [0.2, 0.25) is 0 Å². The molecule has 5 heteroatoms. The summed E-state index contributed by atoms with van der Waals surface area (Å²) in [7, 11) is 0. The molecule has 0 aliphatic heterocycles. The summed E-state index contributed by atoms with van der Waals surface area (Å²) in [5.41, 5.74) is 1.02.